The quantitative estimate of drug-likeness (QED) is 0.342. The number of para-hydroxylation sites is 1. The lowest BCUT2D eigenvalue weighted by molar-refractivity contribution is -0.113. The topological polar surface area (TPSA) is 90.5 Å². The third kappa shape index (κ3) is 5.28. The maximum atomic E-state index is 13.8. The van der Waals surface area contributed by atoms with E-state index in [2.05, 4.69) is 16.0 Å². The molecule has 3 aromatic carbocycles. The molecular weight excluding hydrogens is 462 g/mol. The lowest BCUT2D eigenvalue weighted by Gasteiger charge is -2.32. The number of aryl methyl sites for hydroxylation is 4. The Hall–Kier alpha value is -4.32. The van der Waals surface area contributed by atoms with E-state index < -0.39 is 5.92 Å². The van der Waals surface area contributed by atoms with E-state index >= 15 is 0 Å². The van der Waals surface area contributed by atoms with Gasteiger partial charge >= 0.3 is 0 Å². The fourth-order valence-electron chi connectivity index (χ4n) is 4.76. The first-order valence-electron chi connectivity index (χ1n) is 12.3. The van der Waals surface area contributed by atoms with Crippen LogP contribution in [0.1, 0.15) is 47.6 Å². The van der Waals surface area contributed by atoms with Crippen molar-refractivity contribution >= 4 is 23.2 Å². The van der Waals surface area contributed by atoms with E-state index in [0.29, 0.717) is 39.5 Å². The molecule has 6 nitrogen and oxygen atoms in total. The molecule has 0 aromatic heterocycles. The van der Waals surface area contributed by atoms with Gasteiger partial charge in [0.2, 0.25) is 0 Å². The Morgan fingerprint density at radius 2 is 1.16 bits per heavy atom. The van der Waals surface area contributed by atoms with Crippen molar-refractivity contribution in [3.8, 4) is 5.75 Å². The number of dihydropyridines is 1. The summed E-state index contributed by atoms with van der Waals surface area (Å²) >= 11 is 0. The first-order valence-corrected chi connectivity index (χ1v) is 12.3. The first-order chi connectivity index (χ1) is 17.6. The van der Waals surface area contributed by atoms with Gasteiger partial charge in [-0.2, -0.15) is 0 Å². The summed E-state index contributed by atoms with van der Waals surface area (Å²) in [6.45, 7) is 11.4. The maximum Gasteiger partial charge on any atom is 0.254 e. The number of aromatic hydroxyl groups is 1. The minimum Gasteiger partial charge on any atom is -0.508 e. The monoisotopic (exact) mass is 495 g/mol. The van der Waals surface area contributed by atoms with Gasteiger partial charge in [0.05, 0.1) is 5.92 Å². The van der Waals surface area contributed by atoms with Crippen molar-refractivity contribution in [1.29, 1.82) is 0 Å². The SMILES string of the molecule is CC1=C(C(=O)Nc2cc(C)ccc2C)C(c2ccccc2O)C(C(=O)Nc2cc(C)ccc2C)=C(C)N1. The molecule has 0 unspecified atom stereocenters. The van der Waals surface area contributed by atoms with E-state index in [1.165, 1.54) is 0 Å². The van der Waals surface area contributed by atoms with Crippen molar-refractivity contribution in [1.82, 2.24) is 5.32 Å². The molecule has 0 bridgehead atoms. The highest BCUT2D eigenvalue weighted by Crippen LogP contribution is 2.42. The number of amides is 2. The van der Waals surface area contributed by atoms with Crippen LogP contribution in [0.15, 0.2) is 83.2 Å². The molecule has 1 aliphatic heterocycles. The van der Waals surface area contributed by atoms with Gasteiger partial charge in [-0.3, -0.25) is 9.59 Å². The number of rotatable bonds is 5. The number of phenolic OH excluding ortho intramolecular Hbond substituents is 1. The van der Waals surface area contributed by atoms with Gasteiger partial charge in [0.1, 0.15) is 5.75 Å². The smallest absolute Gasteiger partial charge is 0.254 e. The Morgan fingerprint density at radius 3 is 1.62 bits per heavy atom. The van der Waals surface area contributed by atoms with Crippen molar-refractivity contribution in [2.45, 2.75) is 47.5 Å². The summed E-state index contributed by atoms with van der Waals surface area (Å²) in [6, 6.07) is 18.6. The molecule has 0 aliphatic carbocycles. The second-order valence-corrected chi connectivity index (χ2v) is 9.74. The van der Waals surface area contributed by atoms with Gasteiger partial charge in [0.25, 0.3) is 11.8 Å². The van der Waals surface area contributed by atoms with Crippen molar-refractivity contribution in [2.75, 3.05) is 10.6 Å². The number of hydrogen-bond donors (Lipinski definition) is 4. The number of hydrogen-bond acceptors (Lipinski definition) is 4. The van der Waals surface area contributed by atoms with Crippen LogP contribution in [0.5, 0.6) is 5.75 Å². The molecule has 4 rings (SSSR count). The summed E-state index contributed by atoms with van der Waals surface area (Å²) in [4.78, 5) is 27.6. The number of carbonyl (C=O) groups is 2. The Labute approximate surface area is 218 Å². The van der Waals surface area contributed by atoms with Crippen molar-refractivity contribution < 1.29 is 14.7 Å². The normalized spacial score (nSPS) is 13.9. The van der Waals surface area contributed by atoms with Gasteiger partial charge in [0.15, 0.2) is 0 Å². The number of phenols is 1. The van der Waals surface area contributed by atoms with Crippen LogP contribution in [-0.2, 0) is 9.59 Å². The molecule has 1 heterocycles. The Bertz CT molecular complexity index is 1380. The van der Waals surface area contributed by atoms with Crippen LogP contribution in [0, 0.1) is 27.7 Å². The van der Waals surface area contributed by atoms with E-state index in [1.807, 2.05) is 77.9 Å². The molecule has 0 saturated heterocycles. The van der Waals surface area contributed by atoms with Gasteiger partial charge < -0.3 is 21.1 Å². The predicted octanol–water partition coefficient (Wildman–Crippen LogP) is 6.14. The number of carbonyl (C=O) groups excluding carboxylic acids is 2. The standard InChI is InChI=1S/C31H33N3O3/c1-17-11-13-19(3)24(15-17)33-30(36)27-21(5)32-22(6)28(29(27)23-9-7-8-10-26(23)35)31(37)34-25-16-18(2)12-14-20(25)4/h7-16,29,32,35H,1-6H3,(H,33,36)(H,34,37). The van der Waals surface area contributed by atoms with Crippen LogP contribution in [-0.4, -0.2) is 16.9 Å². The lowest BCUT2D eigenvalue weighted by Crippen LogP contribution is -2.35. The van der Waals surface area contributed by atoms with Crippen LogP contribution in [0.3, 0.4) is 0 Å². The minimum absolute atomic E-state index is 0.0177. The van der Waals surface area contributed by atoms with Crippen LogP contribution in [0.4, 0.5) is 11.4 Å². The molecule has 37 heavy (non-hydrogen) atoms. The summed E-state index contributed by atoms with van der Waals surface area (Å²) in [7, 11) is 0. The number of anilines is 2. The number of nitrogens with one attached hydrogen (secondary N) is 3. The van der Waals surface area contributed by atoms with Crippen LogP contribution >= 0.6 is 0 Å². The van der Waals surface area contributed by atoms with E-state index in [-0.39, 0.29) is 17.6 Å². The highest BCUT2D eigenvalue weighted by molar-refractivity contribution is 6.12. The van der Waals surface area contributed by atoms with Gasteiger partial charge in [-0.05, 0) is 82.0 Å². The lowest BCUT2D eigenvalue weighted by atomic mass is 9.79. The third-order valence-corrected chi connectivity index (χ3v) is 6.78. The van der Waals surface area contributed by atoms with Crippen molar-refractivity contribution in [2.24, 2.45) is 0 Å². The second kappa shape index (κ2) is 10.3. The van der Waals surface area contributed by atoms with E-state index in [1.54, 1.807) is 24.3 Å². The number of allylic oxidation sites excluding steroid dienone is 2. The highest BCUT2D eigenvalue weighted by Gasteiger charge is 2.38. The van der Waals surface area contributed by atoms with E-state index in [0.717, 1.165) is 22.3 Å². The fourth-order valence-corrected chi connectivity index (χ4v) is 4.76. The molecule has 190 valence electrons. The Morgan fingerprint density at radius 1 is 0.703 bits per heavy atom. The van der Waals surface area contributed by atoms with E-state index in [4.69, 9.17) is 0 Å². The molecule has 0 atom stereocenters. The molecule has 0 fully saturated rings. The molecule has 2 amide bonds. The van der Waals surface area contributed by atoms with E-state index in [9.17, 15) is 14.7 Å². The Balaban J connectivity index is 1.80. The first kappa shape index (κ1) is 25.8. The zero-order valence-electron chi connectivity index (χ0n) is 22.1. The molecular formula is C31H33N3O3. The van der Waals surface area contributed by atoms with Gasteiger partial charge in [-0.15, -0.1) is 0 Å². The largest absolute Gasteiger partial charge is 0.508 e. The summed E-state index contributed by atoms with van der Waals surface area (Å²) in [5.74, 6) is -1.44. The molecule has 0 radical (unpaired) electrons. The zero-order valence-corrected chi connectivity index (χ0v) is 22.1. The molecule has 3 aromatic rings. The van der Waals surface area contributed by atoms with Crippen LogP contribution in [0.2, 0.25) is 0 Å². The highest BCUT2D eigenvalue weighted by atomic mass is 16.3. The Kier molecular flexibility index (Phi) is 7.21. The van der Waals surface area contributed by atoms with Crippen molar-refractivity contribution in [3.63, 3.8) is 0 Å². The number of benzene rings is 3. The summed E-state index contributed by atoms with van der Waals surface area (Å²) in [5.41, 5.74) is 7.79. The molecule has 4 N–H and O–H groups in total. The molecule has 6 heteroatoms. The second-order valence-electron chi connectivity index (χ2n) is 9.74. The van der Waals surface area contributed by atoms with Crippen LogP contribution < -0.4 is 16.0 Å². The molecule has 1 aliphatic rings. The van der Waals surface area contributed by atoms with Crippen molar-refractivity contribution in [3.05, 3.63) is 111 Å². The third-order valence-electron chi connectivity index (χ3n) is 6.78. The molecule has 0 saturated carbocycles. The van der Waals surface area contributed by atoms with Crippen LogP contribution in [0.25, 0.3) is 0 Å². The summed E-state index contributed by atoms with van der Waals surface area (Å²) in [5, 5.41) is 20.2. The molecule has 0 spiro atoms. The minimum atomic E-state index is -0.780. The fraction of sp³-hybridized carbons (Fsp3) is 0.226. The predicted molar refractivity (Wildman–Crippen MR) is 148 cm³/mol. The summed E-state index contributed by atoms with van der Waals surface area (Å²) in [6.07, 6.45) is 0. The summed E-state index contributed by atoms with van der Waals surface area (Å²) < 4.78 is 0. The van der Waals surface area contributed by atoms with Gasteiger partial charge in [-0.25, -0.2) is 0 Å². The van der Waals surface area contributed by atoms with Gasteiger partial charge in [0, 0.05) is 39.5 Å². The maximum absolute atomic E-state index is 13.8. The van der Waals surface area contributed by atoms with Gasteiger partial charge in [-0.1, -0.05) is 42.5 Å². The average molecular weight is 496 g/mol. The zero-order chi connectivity index (χ0) is 26.9. The average Bonchev–Trinajstić information content (AvgIpc) is 2.83.